The zero-order valence-corrected chi connectivity index (χ0v) is 22.8. The number of nitrogens with zero attached hydrogens (tertiary/aromatic N) is 2. The molecular weight excluding hydrogens is 533 g/mol. The van der Waals surface area contributed by atoms with Crippen molar-refractivity contribution in [3.63, 3.8) is 0 Å². The van der Waals surface area contributed by atoms with Gasteiger partial charge < -0.3 is 13.8 Å². The molecule has 0 bridgehead atoms. The predicted molar refractivity (Wildman–Crippen MR) is 147 cm³/mol. The molecule has 0 radical (unpaired) electrons. The molecule has 0 aliphatic carbocycles. The number of carbonyl (C=O) groups excluding carboxylic acids is 1. The van der Waals surface area contributed by atoms with E-state index in [9.17, 15) is 17.6 Å². The van der Waals surface area contributed by atoms with Gasteiger partial charge in [0.15, 0.2) is 10.7 Å². The number of hydrogen-bond acceptors (Lipinski definition) is 6. The van der Waals surface area contributed by atoms with Crippen LogP contribution in [0.15, 0.2) is 94.3 Å². The van der Waals surface area contributed by atoms with Crippen LogP contribution in [-0.4, -0.2) is 24.0 Å². The highest BCUT2D eigenvalue weighted by atomic mass is 32.2. The van der Waals surface area contributed by atoms with Crippen LogP contribution in [0.3, 0.4) is 0 Å². The highest BCUT2D eigenvalue weighted by Crippen LogP contribution is 2.34. The van der Waals surface area contributed by atoms with E-state index in [-0.39, 0.29) is 34.3 Å². The summed E-state index contributed by atoms with van der Waals surface area (Å²) in [5, 5.41) is 3.67. The van der Waals surface area contributed by atoms with Crippen molar-refractivity contribution in [1.82, 2.24) is 14.4 Å². The Morgan fingerprint density at radius 3 is 2.45 bits per heavy atom. The summed E-state index contributed by atoms with van der Waals surface area (Å²) >= 11 is 0. The number of nitrogens with one attached hydrogen (secondary N) is 1. The second-order valence-corrected chi connectivity index (χ2v) is 10.9. The van der Waals surface area contributed by atoms with Crippen molar-refractivity contribution in [2.45, 2.75) is 32.3 Å². The van der Waals surface area contributed by atoms with E-state index in [0.717, 1.165) is 22.5 Å². The summed E-state index contributed by atoms with van der Waals surface area (Å²) in [4.78, 5) is 12.9. The Hall–Kier alpha value is -4.70. The van der Waals surface area contributed by atoms with Gasteiger partial charge in [-0.25, -0.2) is 17.5 Å². The Morgan fingerprint density at radius 2 is 1.73 bits per heavy atom. The lowest BCUT2D eigenvalue weighted by Crippen LogP contribution is -2.31. The molecule has 5 rings (SSSR count). The van der Waals surface area contributed by atoms with Gasteiger partial charge >= 0.3 is 0 Å². The largest absolute Gasteiger partial charge is 0.488 e. The number of carbonyl (C=O) groups is 1. The van der Waals surface area contributed by atoms with E-state index in [2.05, 4.69) is 9.88 Å². The number of para-hydroxylation sites is 1. The number of hydrogen-bond donors (Lipinski definition) is 1. The van der Waals surface area contributed by atoms with Crippen molar-refractivity contribution in [3.8, 4) is 22.7 Å². The van der Waals surface area contributed by atoms with Crippen molar-refractivity contribution >= 4 is 15.9 Å². The molecule has 0 saturated carbocycles. The van der Waals surface area contributed by atoms with Gasteiger partial charge in [-0.3, -0.25) is 4.79 Å². The summed E-state index contributed by atoms with van der Waals surface area (Å²) < 4.78 is 54.2. The monoisotopic (exact) mass is 559 g/mol. The third-order valence-electron chi connectivity index (χ3n) is 6.38. The first-order valence-electron chi connectivity index (χ1n) is 12.4. The maximum absolute atomic E-state index is 13.3. The third kappa shape index (κ3) is 5.39. The Labute approximate surface area is 231 Å². The topological polar surface area (TPSA) is 103 Å². The highest BCUT2D eigenvalue weighted by molar-refractivity contribution is 7.90. The molecule has 1 N–H and O–H groups in total. The van der Waals surface area contributed by atoms with Gasteiger partial charge in [0.1, 0.15) is 23.9 Å². The van der Waals surface area contributed by atoms with Gasteiger partial charge in [-0.15, -0.1) is 0 Å². The maximum atomic E-state index is 13.3. The number of aryl methyl sites for hydroxylation is 3. The molecular formula is C30H26FN3O5S. The molecule has 5 aromatic rings. The van der Waals surface area contributed by atoms with Gasteiger partial charge in [0.2, 0.25) is 0 Å². The van der Waals surface area contributed by atoms with Crippen LogP contribution >= 0.6 is 0 Å². The van der Waals surface area contributed by atoms with Crippen LogP contribution in [0.25, 0.3) is 16.9 Å². The number of rotatable bonds is 8. The van der Waals surface area contributed by atoms with Gasteiger partial charge in [0.25, 0.3) is 15.9 Å². The van der Waals surface area contributed by atoms with E-state index in [0.29, 0.717) is 11.4 Å². The van der Waals surface area contributed by atoms with E-state index >= 15 is 0 Å². The van der Waals surface area contributed by atoms with E-state index < -0.39 is 15.9 Å². The molecule has 10 heteroatoms. The lowest BCUT2D eigenvalue weighted by Gasteiger charge is -2.16. The number of amides is 1. The van der Waals surface area contributed by atoms with Crippen molar-refractivity contribution in [3.05, 3.63) is 119 Å². The van der Waals surface area contributed by atoms with Gasteiger partial charge in [0, 0.05) is 22.5 Å². The number of aromatic nitrogens is 2. The Balaban J connectivity index is 1.45. The lowest BCUT2D eigenvalue weighted by molar-refractivity contribution is 0.0981. The average molecular weight is 560 g/mol. The molecule has 0 saturated heterocycles. The molecule has 0 unspecified atom stereocenters. The Bertz CT molecular complexity index is 1790. The van der Waals surface area contributed by atoms with Gasteiger partial charge in [-0.05, 0) is 80.9 Å². The molecule has 0 aliphatic rings. The Kier molecular flexibility index (Phi) is 7.27. The number of sulfonamides is 1. The standard InChI is InChI=1S/C30H26FN3O5S/c1-19-11-16-27(26-9-4-5-10-28(26)38-18-22-12-14-24(31)15-13-22)34(19)25-8-6-7-23(17-25)30(35)33-40(36,37)29-20(2)32-39-21(29)3/h4-17H,18H2,1-3H3,(H,33,35). The second-order valence-electron chi connectivity index (χ2n) is 9.24. The fourth-order valence-corrected chi connectivity index (χ4v) is 5.82. The molecule has 204 valence electrons. The zero-order chi connectivity index (χ0) is 28.4. The summed E-state index contributed by atoms with van der Waals surface area (Å²) in [5.74, 6) is -0.365. The fraction of sp³-hybridized carbons (Fsp3) is 0.133. The first kappa shape index (κ1) is 26.9. The number of halogens is 1. The van der Waals surface area contributed by atoms with Crippen LogP contribution in [0.4, 0.5) is 4.39 Å². The molecule has 8 nitrogen and oxygen atoms in total. The fourth-order valence-electron chi connectivity index (χ4n) is 4.51. The summed E-state index contributed by atoms with van der Waals surface area (Å²) in [5.41, 5.74) is 4.33. The molecule has 0 atom stereocenters. The summed E-state index contributed by atoms with van der Waals surface area (Å²) in [6, 6.07) is 24.3. The van der Waals surface area contributed by atoms with Crippen LogP contribution in [0.2, 0.25) is 0 Å². The minimum Gasteiger partial charge on any atom is -0.488 e. The summed E-state index contributed by atoms with van der Waals surface area (Å²) in [7, 11) is -4.19. The molecule has 40 heavy (non-hydrogen) atoms. The van der Waals surface area contributed by atoms with Crippen LogP contribution < -0.4 is 9.46 Å². The molecule has 0 aliphatic heterocycles. The zero-order valence-electron chi connectivity index (χ0n) is 22.0. The van der Waals surface area contributed by atoms with E-state index in [4.69, 9.17) is 9.26 Å². The summed E-state index contributed by atoms with van der Waals surface area (Å²) in [6.45, 7) is 5.15. The van der Waals surface area contributed by atoms with E-state index in [1.54, 1.807) is 30.3 Å². The highest BCUT2D eigenvalue weighted by Gasteiger charge is 2.27. The maximum Gasteiger partial charge on any atom is 0.269 e. The quantitative estimate of drug-likeness (QED) is 0.254. The summed E-state index contributed by atoms with van der Waals surface area (Å²) in [6.07, 6.45) is 0. The van der Waals surface area contributed by atoms with Crippen molar-refractivity contribution in [2.75, 3.05) is 0 Å². The smallest absolute Gasteiger partial charge is 0.269 e. The molecule has 0 fully saturated rings. The van der Waals surface area contributed by atoms with Crippen LogP contribution in [0, 0.1) is 26.6 Å². The first-order chi connectivity index (χ1) is 19.1. The average Bonchev–Trinajstić information content (AvgIpc) is 3.49. The normalized spacial score (nSPS) is 11.4. The van der Waals surface area contributed by atoms with Gasteiger partial charge in [-0.1, -0.05) is 35.5 Å². The molecule has 0 spiro atoms. The second kappa shape index (κ2) is 10.8. The SMILES string of the molecule is Cc1noc(C)c1S(=O)(=O)NC(=O)c1cccc(-n2c(C)ccc2-c2ccccc2OCc2ccc(F)cc2)c1. The van der Waals surface area contributed by atoms with Gasteiger partial charge in [-0.2, -0.15) is 0 Å². The van der Waals surface area contributed by atoms with Crippen LogP contribution in [0.5, 0.6) is 5.75 Å². The third-order valence-corrected chi connectivity index (χ3v) is 7.95. The van der Waals surface area contributed by atoms with Crippen molar-refractivity contribution < 1.29 is 26.9 Å². The lowest BCUT2D eigenvalue weighted by atomic mass is 10.1. The van der Waals surface area contributed by atoms with Gasteiger partial charge in [0.05, 0.1) is 5.69 Å². The minimum atomic E-state index is -4.19. The Morgan fingerprint density at radius 1 is 0.975 bits per heavy atom. The predicted octanol–water partition coefficient (Wildman–Crippen LogP) is 5.89. The van der Waals surface area contributed by atoms with Crippen molar-refractivity contribution in [1.29, 1.82) is 0 Å². The number of ether oxygens (including phenoxy) is 1. The van der Waals surface area contributed by atoms with E-state index in [1.165, 1.54) is 26.0 Å². The van der Waals surface area contributed by atoms with Crippen molar-refractivity contribution in [2.24, 2.45) is 0 Å². The molecule has 2 heterocycles. The molecule has 3 aromatic carbocycles. The minimum absolute atomic E-state index is 0.0967. The van der Waals surface area contributed by atoms with E-state index in [1.807, 2.05) is 54.0 Å². The van der Waals surface area contributed by atoms with Crippen LogP contribution in [0.1, 0.15) is 33.1 Å². The molecule has 1 amide bonds. The first-order valence-corrected chi connectivity index (χ1v) is 13.9. The van der Waals surface area contributed by atoms with Crippen LogP contribution in [-0.2, 0) is 16.6 Å². The number of benzene rings is 3. The molecule has 2 aromatic heterocycles.